The molecular formula is C25H34N2O4. The van der Waals surface area contributed by atoms with E-state index in [0.717, 1.165) is 38.2 Å². The predicted octanol–water partition coefficient (Wildman–Crippen LogP) is 3.38. The van der Waals surface area contributed by atoms with Crippen molar-refractivity contribution in [1.82, 2.24) is 4.90 Å². The number of hydrogen-bond donors (Lipinski definition) is 1. The maximum absolute atomic E-state index is 11.6. The SMILES string of the molecule is CC(=O)c1cccc(OCC(O)CN(Cc2ccc(N(C)C)cc2)CC2CCCO2)c1. The molecule has 3 rings (SSSR count). The molecule has 1 aliphatic heterocycles. The average molecular weight is 427 g/mol. The van der Waals surface area contributed by atoms with Crippen molar-refractivity contribution in [2.75, 3.05) is 45.3 Å². The number of carbonyl (C=O) groups is 1. The van der Waals surface area contributed by atoms with Gasteiger partial charge in [-0.2, -0.15) is 0 Å². The number of rotatable bonds is 11. The van der Waals surface area contributed by atoms with Gasteiger partial charge in [0.1, 0.15) is 18.5 Å². The fourth-order valence-electron chi connectivity index (χ4n) is 3.79. The molecule has 2 atom stereocenters. The van der Waals surface area contributed by atoms with Gasteiger partial charge in [0.15, 0.2) is 5.78 Å². The lowest BCUT2D eigenvalue weighted by Crippen LogP contribution is -2.39. The van der Waals surface area contributed by atoms with Crippen LogP contribution >= 0.6 is 0 Å². The molecule has 0 spiro atoms. The minimum absolute atomic E-state index is 0.00553. The second kappa shape index (κ2) is 11.3. The summed E-state index contributed by atoms with van der Waals surface area (Å²) in [6.45, 7) is 4.53. The Hall–Kier alpha value is -2.41. The van der Waals surface area contributed by atoms with E-state index in [1.54, 1.807) is 24.3 Å². The molecule has 2 aromatic carbocycles. The van der Waals surface area contributed by atoms with Crippen LogP contribution in [0.4, 0.5) is 5.69 Å². The van der Waals surface area contributed by atoms with Crippen LogP contribution in [0.1, 0.15) is 35.7 Å². The number of nitrogens with zero attached hydrogens (tertiary/aromatic N) is 2. The molecule has 1 heterocycles. The summed E-state index contributed by atoms with van der Waals surface area (Å²) in [4.78, 5) is 15.9. The summed E-state index contributed by atoms with van der Waals surface area (Å²) in [5.41, 5.74) is 2.97. The first-order valence-electron chi connectivity index (χ1n) is 10.9. The van der Waals surface area contributed by atoms with Crippen LogP contribution in [0, 0.1) is 0 Å². The molecule has 31 heavy (non-hydrogen) atoms. The molecule has 6 nitrogen and oxygen atoms in total. The van der Waals surface area contributed by atoms with Gasteiger partial charge in [-0.15, -0.1) is 0 Å². The van der Waals surface area contributed by atoms with Crippen molar-refractivity contribution in [3.63, 3.8) is 0 Å². The Balaban J connectivity index is 1.59. The van der Waals surface area contributed by atoms with Crippen LogP contribution in [0.15, 0.2) is 48.5 Å². The largest absolute Gasteiger partial charge is 0.491 e. The number of aliphatic hydroxyl groups excluding tert-OH is 1. The Morgan fingerprint density at radius 1 is 1.23 bits per heavy atom. The summed E-state index contributed by atoms with van der Waals surface area (Å²) in [6, 6.07) is 15.6. The summed E-state index contributed by atoms with van der Waals surface area (Å²) >= 11 is 0. The first-order chi connectivity index (χ1) is 14.9. The van der Waals surface area contributed by atoms with Gasteiger partial charge in [0.05, 0.1) is 6.10 Å². The Morgan fingerprint density at radius 3 is 2.65 bits per heavy atom. The van der Waals surface area contributed by atoms with Crippen LogP contribution in [0.5, 0.6) is 5.75 Å². The molecule has 0 bridgehead atoms. The first kappa shape index (κ1) is 23.3. The molecule has 0 radical (unpaired) electrons. The minimum Gasteiger partial charge on any atom is -0.491 e. The smallest absolute Gasteiger partial charge is 0.159 e. The molecule has 6 heteroatoms. The molecule has 168 valence electrons. The molecule has 2 unspecified atom stereocenters. The molecule has 0 saturated carbocycles. The van der Waals surface area contributed by atoms with E-state index in [1.165, 1.54) is 12.5 Å². The van der Waals surface area contributed by atoms with E-state index >= 15 is 0 Å². The van der Waals surface area contributed by atoms with Crippen LogP contribution in [0.3, 0.4) is 0 Å². The summed E-state index contributed by atoms with van der Waals surface area (Å²) in [5.74, 6) is 0.589. The van der Waals surface area contributed by atoms with E-state index in [9.17, 15) is 9.90 Å². The van der Waals surface area contributed by atoms with Crippen LogP contribution in [-0.4, -0.2) is 68.4 Å². The number of carbonyl (C=O) groups excluding carboxylic acids is 1. The van der Waals surface area contributed by atoms with Gasteiger partial charge in [0.25, 0.3) is 0 Å². The van der Waals surface area contributed by atoms with E-state index in [0.29, 0.717) is 17.9 Å². The molecular weight excluding hydrogens is 392 g/mol. The highest BCUT2D eigenvalue weighted by Gasteiger charge is 2.21. The maximum Gasteiger partial charge on any atom is 0.159 e. The number of ketones is 1. The highest BCUT2D eigenvalue weighted by molar-refractivity contribution is 5.94. The maximum atomic E-state index is 11.6. The number of anilines is 1. The quantitative estimate of drug-likeness (QED) is 0.556. The molecule has 2 aromatic rings. The molecule has 1 saturated heterocycles. The van der Waals surface area contributed by atoms with Crippen LogP contribution in [-0.2, 0) is 11.3 Å². The zero-order valence-electron chi connectivity index (χ0n) is 18.8. The molecule has 1 N–H and O–H groups in total. The van der Waals surface area contributed by atoms with Crippen LogP contribution in [0.25, 0.3) is 0 Å². The molecule has 0 amide bonds. The second-order valence-corrected chi connectivity index (χ2v) is 8.44. The fourth-order valence-corrected chi connectivity index (χ4v) is 3.79. The second-order valence-electron chi connectivity index (χ2n) is 8.44. The third-order valence-corrected chi connectivity index (χ3v) is 5.50. The number of aliphatic hydroxyl groups is 1. The Kier molecular flexibility index (Phi) is 8.46. The highest BCUT2D eigenvalue weighted by Crippen LogP contribution is 2.18. The Morgan fingerprint density at radius 2 is 2.00 bits per heavy atom. The number of hydrogen-bond acceptors (Lipinski definition) is 6. The van der Waals surface area contributed by atoms with E-state index in [4.69, 9.17) is 9.47 Å². The van der Waals surface area contributed by atoms with Crippen molar-refractivity contribution in [3.05, 3.63) is 59.7 Å². The van der Waals surface area contributed by atoms with Gasteiger partial charge in [-0.3, -0.25) is 9.69 Å². The topological polar surface area (TPSA) is 62.2 Å². The third-order valence-electron chi connectivity index (χ3n) is 5.50. The number of ether oxygens (including phenoxy) is 2. The van der Waals surface area contributed by atoms with Crippen LogP contribution < -0.4 is 9.64 Å². The predicted molar refractivity (Wildman–Crippen MR) is 123 cm³/mol. The zero-order chi connectivity index (χ0) is 22.2. The van der Waals surface area contributed by atoms with Crippen molar-refractivity contribution in [3.8, 4) is 5.75 Å². The van der Waals surface area contributed by atoms with Crippen molar-refractivity contribution in [2.24, 2.45) is 0 Å². The van der Waals surface area contributed by atoms with Crippen molar-refractivity contribution < 1.29 is 19.4 Å². The highest BCUT2D eigenvalue weighted by atomic mass is 16.5. The minimum atomic E-state index is -0.650. The monoisotopic (exact) mass is 426 g/mol. The summed E-state index contributed by atoms with van der Waals surface area (Å²) in [5, 5.41) is 10.6. The lowest BCUT2D eigenvalue weighted by atomic mass is 10.1. The molecule has 0 aromatic heterocycles. The Bertz CT molecular complexity index is 832. The summed E-state index contributed by atoms with van der Waals surface area (Å²) < 4.78 is 11.6. The van der Waals surface area contributed by atoms with E-state index < -0.39 is 6.10 Å². The molecule has 0 aliphatic carbocycles. The van der Waals surface area contributed by atoms with E-state index in [2.05, 4.69) is 34.1 Å². The van der Waals surface area contributed by atoms with Gasteiger partial charge in [0, 0.05) is 51.6 Å². The number of Topliss-reactive ketones (excluding diaryl/α,β-unsaturated/α-hetero) is 1. The van der Waals surface area contributed by atoms with Gasteiger partial charge in [-0.25, -0.2) is 0 Å². The van der Waals surface area contributed by atoms with E-state index in [1.807, 2.05) is 14.1 Å². The third kappa shape index (κ3) is 7.35. The summed E-state index contributed by atoms with van der Waals surface area (Å²) in [6.07, 6.45) is 1.71. The lowest BCUT2D eigenvalue weighted by molar-refractivity contribution is 0.0313. The lowest BCUT2D eigenvalue weighted by Gasteiger charge is -2.27. The first-order valence-corrected chi connectivity index (χ1v) is 10.9. The summed E-state index contributed by atoms with van der Waals surface area (Å²) in [7, 11) is 4.06. The standard InChI is InChI=1S/C25H34N2O4/c1-19(28)21-6-4-7-24(14-21)31-18-23(29)16-27(17-25-8-5-13-30-25)15-20-9-11-22(12-10-20)26(2)3/h4,6-7,9-12,14,23,25,29H,5,8,13,15-18H2,1-3H3. The zero-order valence-corrected chi connectivity index (χ0v) is 18.8. The van der Waals surface area contributed by atoms with Gasteiger partial charge in [-0.05, 0) is 49.6 Å². The van der Waals surface area contributed by atoms with Gasteiger partial charge >= 0.3 is 0 Å². The van der Waals surface area contributed by atoms with Gasteiger partial charge < -0.3 is 19.5 Å². The fraction of sp³-hybridized carbons (Fsp3) is 0.480. The molecule has 1 aliphatic rings. The van der Waals surface area contributed by atoms with E-state index in [-0.39, 0.29) is 18.5 Å². The Labute approximate surface area is 185 Å². The van der Waals surface area contributed by atoms with Crippen molar-refractivity contribution in [1.29, 1.82) is 0 Å². The normalized spacial score (nSPS) is 17.0. The average Bonchev–Trinajstić information content (AvgIpc) is 3.26. The van der Waals surface area contributed by atoms with Crippen molar-refractivity contribution >= 4 is 11.5 Å². The van der Waals surface area contributed by atoms with Crippen molar-refractivity contribution in [2.45, 2.75) is 38.5 Å². The van der Waals surface area contributed by atoms with Crippen LogP contribution in [0.2, 0.25) is 0 Å². The number of benzene rings is 2. The van der Waals surface area contributed by atoms with Gasteiger partial charge in [-0.1, -0.05) is 24.3 Å². The molecule has 1 fully saturated rings. The van der Waals surface area contributed by atoms with Gasteiger partial charge in [0.2, 0.25) is 0 Å².